The van der Waals surface area contributed by atoms with Gasteiger partial charge in [0.05, 0.1) is 0 Å². The van der Waals surface area contributed by atoms with Crippen molar-refractivity contribution >= 4 is 5.69 Å². The number of hydrogen-bond acceptors (Lipinski definition) is 2. The number of nitrogens with zero attached hydrogens (tertiary/aromatic N) is 1. The largest absolute Gasteiger partial charge is 0.384 e. The summed E-state index contributed by atoms with van der Waals surface area (Å²) in [6.45, 7) is 8.14. The molecule has 2 unspecified atom stereocenters. The van der Waals surface area contributed by atoms with Crippen LogP contribution in [0.4, 0.5) is 5.69 Å². The lowest BCUT2D eigenvalue weighted by atomic mass is 9.97. The highest BCUT2D eigenvalue weighted by molar-refractivity contribution is 5.57. The fourth-order valence-electron chi connectivity index (χ4n) is 2.74. The van der Waals surface area contributed by atoms with Crippen LogP contribution in [0.2, 0.25) is 0 Å². The first-order chi connectivity index (χ1) is 8.70. The van der Waals surface area contributed by atoms with Crippen molar-refractivity contribution in [1.82, 2.24) is 4.90 Å². The molecule has 0 saturated carbocycles. The molecule has 0 saturated heterocycles. The molecule has 1 aliphatic rings. The summed E-state index contributed by atoms with van der Waals surface area (Å²) in [6.07, 6.45) is 2.54. The Labute approximate surface area is 111 Å². The Morgan fingerprint density at radius 1 is 1.39 bits per heavy atom. The summed E-state index contributed by atoms with van der Waals surface area (Å²) in [5.74, 6) is 1.50. The number of fused-ring (bicyclic) bond motifs is 1. The quantitative estimate of drug-likeness (QED) is 0.825. The highest BCUT2D eigenvalue weighted by atomic mass is 15.1. The van der Waals surface area contributed by atoms with E-state index in [1.54, 1.807) is 0 Å². The Balaban J connectivity index is 1.82. The van der Waals surface area contributed by atoms with Crippen LogP contribution in [0, 0.1) is 5.92 Å². The van der Waals surface area contributed by atoms with Crippen molar-refractivity contribution < 1.29 is 0 Å². The first-order valence-electron chi connectivity index (χ1n) is 7.22. The first kappa shape index (κ1) is 13.4. The molecule has 1 N–H and O–H groups in total. The lowest BCUT2D eigenvalue weighted by molar-refractivity contribution is 0.273. The minimum Gasteiger partial charge on any atom is -0.384 e. The monoisotopic (exact) mass is 246 g/mol. The standard InChI is InChI=1S/C16H26N2/c1-4-13(2)12-18(3)10-9-14-11-17-16-8-6-5-7-15(14)16/h5-8,13-14,17H,4,9-12H2,1-3H3. The molecule has 100 valence electrons. The van der Waals surface area contributed by atoms with E-state index in [9.17, 15) is 0 Å². The Bertz CT molecular complexity index is 375. The third-order valence-electron chi connectivity index (χ3n) is 4.12. The molecule has 0 amide bonds. The SMILES string of the molecule is CCC(C)CN(C)CCC1CNc2ccccc21. The van der Waals surface area contributed by atoms with Crippen molar-refractivity contribution in [3.8, 4) is 0 Å². The minimum atomic E-state index is 0.695. The zero-order valence-electron chi connectivity index (χ0n) is 11.9. The summed E-state index contributed by atoms with van der Waals surface area (Å²) in [6, 6.07) is 8.73. The average Bonchev–Trinajstić information content (AvgIpc) is 2.79. The summed E-state index contributed by atoms with van der Waals surface area (Å²) in [5, 5.41) is 3.51. The van der Waals surface area contributed by atoms with E-state index in [1.807, 2.05) is 0 Å². The van der Waals surface area contributed by atoms with Gasteiger partial charge in [0.2, 0.25) is 0 Å². The number of benzene rings is 1. The average molecular weight is 246 g/mol. The molecule has 18 heavy (non-hydrogen) atoms. The molecule has 2 rings (SSSR count). The van der Waals surface area contributed by atoms with Crippen LogP contribution in [0.25, 0.3) is 0 Å². The van der Waals surface area contributed by atoms with Crippen molar-refractivity contribution in [3.63, 3.8) is 0 Å². The van der Waals surface area contributed by atoms with Crippen LogP contribution in [0.15, 0.2) is 24.3 Å². The predicted octanol–water partition coefficient (Wildman–Crippen LogP) is 3.56. The summed E-state index contributed by atoms with van der Waals surface area (Å²) in [4.78, 5) is 2.48. The number of anilines is 1. The molecule has 1 heterocycles. The third kappa shape index (κ3) is 3.26. The van der Waals surface area contributed by atoms with Crippen LogP contribution in [-0.4, -0.2) is 31.6 Å². The molecular weight excluding hydrogens is 220 g/mol. The van der Waals surface area contributed by atoms with Crippen molar-refractivity contribution in [1.29, 1.82) is 0 Å². The molecule has 0 aromatic heterocycles. The number of rotatable bonds is 6. The first-order valence-corrected chi connectivity index (χ1v) is 7.22. The second kappa shape index (κ2) is 6.24. The van der Waals surface area contributed by atoms with Gasteiger partial charge in [-0.3, -0.25) is 0 Å². The molecule has 0 bridgehead atoms. The molecule has 2 heteroatoms. The van der Waals surface area contributed by atoms with Crippen molar-refractivity contribution in [2.24, 2.45) is 5.92 Å². The fourth-order valence-corrected chi connectivity index (χ4v) is 2.74. The molecule has 0 radical (unpaired) electrons. The van der Waals surface area contributed by atoms with E-state index >= 15 is 0 Å². The third-order valence-corrected chi connectivity index (χ3v) is 4.12. The number of hydrogen-bond donors (Lipinski definition) is 1. The van der Waals surface area contributed by atoms with E-state index in [1.165, 1.54) is 37.2 Å². The second-order valence-electron chi connectivity index (χ2n) is 5.73. The van der Waals surface area contributed by atoms with Gasteiger partial charge in [-0.2, -0.15) is 0 Å². The van der Waals surface area contributed by atoms with Gasteiger partial charge in [-0.15, -0.1) is 0 Å². The molecular formula is C16H26N2. The minimum absolute atomic E-state index is 0.695. The lowest BCUT2D eigenvalue weighted by Gasteiger charge is -2.22. The lowest BCUT2D eigenvalue weighted by Crippen LogP contribution is -2.26. The van der Waals surface area contributed by atoms with Gasteiger partial charge in [0, 0.05) is 24.7 Å². The van der Waals surface area contributed by atoms with E-state index in [-0.39, 0.29) is 0 Å². The van der Waals surface area contributed by atoms with E-state index in [4.69, 9.17) is 0 Å². The van der Waals surface area contributed by atoms with Crippen LogP contribution in [0.3, 0.4) is 0 Å². The molecule has 1 aromatic carbocycles. The summed E-state index contributed by atoms with van der Waals surface area (Å²) in [5.41, 5.74) is 2.85. The molecule has 1 aliphatic heterocycles. The van der Waals surface area contributed by atoms with Crippen LogP contribution in [-0.2, 0) is 0 Å². The maximum absolute atomic E-state index is 3.51. The Kier molecular flexibility index (Phi) is 4.65. The molecule has 1 aromatic rings. The maximum Gasteiger partial charge on any atom is 0.0376 e. The van der Waals surface area contributed by atoms with Crippen molar-refractivity contribution in [3.05, 3.63) is 29.8 Å². The second-order valence-corrected chi connectivity index (χ2v) is 5.73. The predicted molar refractivity (Wildman–Crippen MR) is 79.2 cm³/mol. The Hall–Kier alpha value is -1.02. The van der Waals surface area contributed by atoms with Crippen LogP contribution in [0.1, 0.15) is 38.2 Å². The van der Waals surface area contributed by atoms with Gasteiger partial charge in [-0.05, 0) is 37.6 Å². The van der Waals surface area contributed by atoms with E-state index in [2.05, 4.69) is 55.4 Å². The van der Waals surface area contributed by atoms with Crippen LogP contribution < -0.4 is 5.32 Å². The molecule has 0 fully saturated rings. The van der Waals surface area contributed by atoms with Gasteiger partial charge in [0.25, 0.3) is 0 Å². The van der Waals surface area contributed by atoms with Gasteiger partial charge >= 0.3 is 0 Å². The summed E-state index contributed by atoms with van der Waals surface area (Å²) in [7, 11) is 2.25. The van der Waals surface area contributed by atoms with Gasteiger partial charge in [0.15, 0.2) is 0 Å². The van der Waals surface area contributed by atoms with Crippen LogP contribution >= 0.6 is 0 Å². The van der Waals surface area contributed by atoms with Gasteiger partial charge < -0.3 is 10.2 Å². The molecule has 0 aliphatic carbocycles. The zero-order valence-corrected chi connectivity index (χ0v) is 11.9. The van der Waals surface area contributed by atoms with E-state index in [0.717, 1.165) is 12.5 Å². The zero-order chi connectivity index (χ0) is 13.0. The number of para-hydroxylation sites is 1. The molecule has 2 atom stereocenters. The Morgan fingerprint density at radius 3 is 2.94 bits per heavy atom. The molecule has 0 spiro atoms. The van der Waals surface area contributed by atoms with Crippen LogP contribution in [0.5, 0.6) is 0 Å². The maximum atomic E-state index is 3.51. The van der Waals surface area contributed by atoms with Gasteiger partial charge in [0.1, 0.15) is 0 Å². The Morgan fingerprint density at radius 2 is 2.17 bits per heavy atom. The van der Waals surface area contributed by atoms with E-state index in [0.29, 0.717) is 5.92 Å². The normalized spacial score (nSPS) is 19.7. The fraction of sp³-hybridized carbons (Fsp3) is 0.625. The van der Waals surface area contributed by atoms with Gasteiger partial charge in [-0.25, -0.2) is 0 Å². The number of nitrogens with one attached hydrogen (secondary N) is 1. The highest BCUT2D eigenvalue weighted by Gasteiger charge is 2.21. The van der Waals surface area contributed by atoms with Crippen molar-refractivity contribution in [2.45, 2.75) is 32.6 Å². The summed E-state index contributed by atoms with van der Waals surface area (Å²) < 4.78 is 0. The topological polar surface area (TPSA) is 15.3 Å². The van der Waals surface area contributed by atoms with Crippen molar-refractivity contribution in [2.75, 3.05) is 32.0 Å². The highest BCUT2D eigenvalue weighted by Crippen LogP contribution is 2.33. The molecule has 2 nitrogen and oxygen atoms in total. The van der Waals surface area contributed by atoms with Gasteiger partial charge in [-0.1, -0.05) is 38.5 Å². The summed E-state index contributed by atoms with van der Waals surface area (Å²) >= 11 is 0. The smallest absolute Gasteiger partial charge is 0.0376 e. The van der Waals surface area contributed by atoms with E-state index < -0.39 is 0 Å².